The second-order valence-corrected chi connectivity index (χ2v) is 8.25. The van der Waals surface area contributed by atoms with E-state index in [1.807, 2.05) is 43.1 Å². The van der Waals surface area contributed by atoms with E-state index in [0.29, 0.717) is 6.54 Å². The average molecular weight is 411 g/mol. The molecule has 1 aromatic carbocycles. The Balaban J connectivity index is 1.52. The number of likely N-dealkylation sites (N-methyl/N-ethyl adjacent to an activating group) is 1. The Morgan fingerprint density at radius 3 is 2.88 bits per heavy atom. The number of carbonyl (C=O) groups excluding carboxylic acids is 1. The molecule has 2 aromatic rings. The van der Waals surface area contributed by atoms with Crippen LogP contribution in [0.2, 0.25) is 0 Å². The quantitative estimate of drug-likeness (QED) is 0.792. The van der Waals surface area contributed by atoms with Gasteiger partial charge in [0.2, 0.25) is 12.7 Å². The van der Waals surface area contributed by atoms with Gasteiger partial charge >= 0.3 is 0 Å². The molecule has 0 saturated carbocycles. The Morgan fingerprint density at radius 1 is 1.33 bits per heavy atom. The van der Waals surface area contributed by atoms with Crippen LogP contribution in [0.25, 0.3) is 0 Å². The van der Waals surface area contributed by atoms with Gasteiger partial charge in [0.25, 0.3) is 0 Å². The molecule has 1 amide bonds. The third-order valence-corrected chi connectivity index (χ3v) is 5.59. The van der Waals surface area contributed by atoms with Crippen LogP contribution in [0.15, 0.2) is 34.1 Å². The maximum atomic E-state index is 12.4. The number of fused-ring (bicyclic) bond motifs is 1. The van der Waals surface area contributed by atoms with Crippen molar-refractivity contribution in [3.8, 4) is 11.5 Å². The number of halogens is 1. The fourth-order valence-corrected chi connectivity index (χ4v) is 3.95. The van der Waals surface area contributed by atoms with Gasteiger partial charge in [-0.25, -0.2) is 0 Å². The van der Waals surface area contributed by atoms with Crippen LogP contribution < -0.4 is 14.8 Å². The fourth-order valence-electron chi connectivity index (χ4n) is 2.41. The van der Waals surface area contributed by atoms with Crippen molar-refractivity contribution in [2.75, 3.05) is 13.8 Å². The Bertz CT molecular complexity index is 734. The Hall–Kier alpha value is -1.57. The molecular weight excluding hydrogens is 392 g/mol. The number of benzene rings is 1. The second-order valence-electron chi connectivity index (χ2n) is 5.70. The lowest BCUT2D eigenvalue weighted by atomic mass is 10.2. The van der Waals surface area contributed by atoms with E-state index in [1.165, 1.54) is 4.88 Å². The molecular formula is C17H19BrN2O3S. The minimum Gasteiger partial charge on any atom is -0.454 e. The number of hydrogen-bond acceptors (Lipinski definition) is 5. The zero-order valence-electron chi connectivity index (χ0n) is 13.5. The number of ether oxygens (including phenoxy) is 2. The summed E-state index contributed by atoms with van der Waals surface area (Å²) in [4.78, 5) is 15.6. The number of nitrogens with one attached hydrogen (secondary N) is 1. The zero-order chi connectivity index (χ0) is 17.1. The normalized spacial score (nSPS) is 14.0. The van der Waals surface area contributed by atoms with Gasteiger partial charge in [0.05, 0.1) is 9.83 Å². The van der Waals surface area contributed by atoms with Crippen LogP contribution in [0.4, 0.5) is 0 Å². The van der Waals surface area contributed by atoms with Gasteiger partial charge in [0, 0.05) is 18.0 Å². The van der Waals surface area contributed by atoms with Gasteiger partial charge in [-0.1, -0.05) is 6.07 Å². The minimum absolute atomic E-state index is 0.00536. The lowest BCUT2D eigenvalue weighted by molar-refractivity contribution is -0.125. The van der Waals surface area contributed by atoms with E-state index in [0.717, 1.165) is 27.4 Å². The number of amides is 1. The highest BCUT2D eigenvalue weighted by atomic mass is 79.9. The summed E-state index contributed by atoms with van der Waals surface area (Å²) in [6, 6.07) is 9.60. The third kappa shape index (κ3) is 4.09. The number of hydrogen-bond donors (Lipinski definition) is 1. The molecule has 1 aliphatic heterocycles. The molecule has 1 atom stereocenters. The van der Waals surface area contributed by atoms with Gasteiger partial charge in [-0.15, -0.1) is 11.3 Å². The monoisotopic (exact) mass is 410 g/mol. The molecule has 0 fully saturated rings. The Labute approximate surface area is 153 Å². The van der Waals surface area contributed by atoms with Crippen molar-refractivity contribution < 1.29 is 14.3 Å². The Morgan fingerprint density at radius 2 is 2.12 bits per heavy atom. The van der Waals surface area contributed by atoms with Gasteiger partial charge in [0.15, 0.2) is 11.5 Å². The summed E-state index contributed by atoms with van der Waals surface area (Å²) in [6.07, 6.45) is 0. The van der Waals surface area contributed by atoms with E-state index < -0.39 is 0 Å². The average Bonchev–Trinajstić information content (AvgIpc) is 3.19. The maximum absolute atomic E-state index is 12.4. The number of rotatable bonds is 6. The molecule has 1 unspecified atom stereocenters. The highest BCUT2D eigenvalue weighted by Gasteiger charge is 2.19. The standard InChI is InChI=1S/C17H19BrN2O3S/c1-11(20(2)9-13-4-6-16(18)24-13)17(21)19-8-12-3-5-14-15(7-12)23-10-22-14/h3-7,11H,8-10H2,1-2H3,(H,19,21). The number of carbonyl (C=O) groups is 1. The molecule has 1 N–H and O–H groups in total. The molecule has 3 rings (SSSR count). The molecule has 128 valence electrons. The van der Waals surface area contributed by atoms with Crippen LogP contribution in [0.5, 0.6) is 11.5 Å². The SMILES string of the molecule is CC(C(=O)NCc1ccc2c(c1)OCO2)N(C)Cc1ccc(Br)s1. The predicted octanol–water partition coefficient (Wildman–Crippen LogP) is 3.38. The largest absolute Gasteiger partial charge is 0.454 e. The van der Waals surface area contributed by atoms with Crippen LogP contribution in [-0.2, 0) is 17.9 Å². The van der Waals surface area contributed by atoms with E-state index in [-0.39, 0.29) is 18.7 Å². The van der Waals surface area contributed by atoms with Crippen molar-refractivity contribution in [3.05, 3.63) is 44.6 Å². The summed E-state index contributed by atoms with van der Waals surface area (Å²) in [7, 11) is 1.96. The highest BCUT2D eigenvalue weighted by molar-refractivity contribution is 9.11. The van der Waals surface area contributed by atoms with E-state index in [9.17, 15) is 4.79 Å². The molecule has 5 nitrogen and oxygen atoms in total. The first kappa shape index (κ1) is 17.3. The number of thiophene rings is 1. The summed E-state index contributed by atoms with van der Waals surface area (Å²) in [5, 5.41) is 2.98. The lowest BCUT2D eigenvalue weighted by Gasteiger charge is -2.23. The second kappa shape index (κ2) is 7.55. The van der Waals surface area contributed by atoms with E-state index in [1.54, 1.807) is 11.3 Å². The summed E-state index contributed by atoms with van der Waals surface area (Å²) in [5.41, 5.74) is 0.990. The summed E-state index contributed by atoms with van der Waals surface area (Å²) < 4.78 is 11.7. The van der Waals surface area contributed by atoms with Gasteiger partial charge < -0.3 is 14.8 Å². The third-order valence-electron chi connectivity index (χ3n) is 3.98. The van der Waals surface area contributed by atoms with Gasteiger partial charge in [-0.3, -0.25) is 9.69 Å². The molecule has 1 aliphatic rings. The van der Waals surface area contributed by atoms with Crippen molar-refractivity contribution in [1.29, 1.82) is 0 Å². The van der Waals surface area contributed by atoms with Gasteiger partial charge in [0.1, 0.15) is 0 Å². The minimum atomic E-state index is -0.208. The first-order valence-corrected chi connectivity index (χ1v) is 9.24. The zero-order valence-corrected chi connectivity index (χ0v) is 15.9. The molecule has 0 spiro atoms. The van der Waals surface area contributed by atoms with Crippen LogP contribution in [0, 0.1) is 0 Å². The van der Waals surface area contributed by atoms with Gasteiger partial charge in [-0.2, -0.15) is 0 Å². The Kier molecular flexibility index (Phi) is 5.43. The van der Waals surface area contributed by atoms with Crippen molar-refractivity contribution in [3.63, 3.8) is 0 Å². The maximum Gasteiger partial charge on any atom is 0.237 e. The first-order valence-electron chi connectivity index (χ1n) is 7.63. The molecule has 2 heterocycles. The molecule has 1 aromatic heterocycles. The molecule has 0 saturated heterocycles. The molecule has 0 radical (unpaired) electrons. The summed E-state index contributed by atoms with van der Waals surface area (Å²) in [6.45, 7) is 3.39. The molecule has 7 heteroatoms. The van der Waals surface area contributed by atoms with Crippen LogP contribution in [0.1, 0.15) is 17.4 Å². The van der Waals surface area contributed by atoms with Crippen molar-refractivity contribution in [2.24, 2.45) is 0 Å². The van der Waals surface area contributed by atoms with Gasteiger partial charge in [-0.05, 0) is 59.7 Å². The van der Waals surface area contributed by atoms with Crippen molar-refractivity contribution >= 4 is 33.2 Å². The summed E-state index contributed by atoms with van der Waals surface area (Å²) >= 11 is 5.15. The van der Waals surface area contributed by atoms with E-state index >= 15 is 0 Å². The lowest BCUT2D eigenvalue weighted by Crippen LogP contribution is -2.42. The highest BCUT2D eigenvalue weighted by Crippen LogP contribution is 2.32. The van der Waals surface area contributed by atoms with Crippen molar-refractivity contribution in [1.82, 2.24) is 10.2 Å². The van der Waals surface area contributed by atoms with Crippen molar-refractivity contribution in [2.45, 2.75) is 26.1 Å². The summed E-state index contributed by atoms with van der Waals surface area (Å²) in [5.74, 6) is 1.49. The van der Waals surface area contributed by atoms with Crippen LogP contribution >= 0.6 is 27.3 Å². The van der Waals surface area contributed by atoms with Crippen LogP contribution in [0.3, 0.4) is 0 Å². The molecule has 24 heavy (non-hydrogen) atoms. The van der Waals surface area contributed by atoms with E-state index in [2.05, 4.69) is 27.3 Å². The molecule has 0 bridgehead atoms. The molecule has 0 aliphatic carbocycles. The first-order chi connectivity index (χ1) is 11.5. The smallest absolute Gasteiger partial charge is 0.237 e. The fraction of sp³-hybridized carbons (Fsp3) is 0.353. The topological polar surface area (TPSA) is 50.8 Å². The van der Waals surface area contributed by atoms with Crippen LogP contribution in [-0.4, -0.2) is 30.7 Å². The number of nitrogens with zero attached hydrogens (tertiary/aromatic N) is 1. The predicted molar refractivity (Wildman–Crippen MR) is 97.4 cm³/mol. The van der Waals surface area contributed by atoms with E-state index in [4.69, 9.17) is 9.47 Å².